The summed E-state index contributed by atoms with van der Waals surface area (Å²) in [5.41, 5.74) is 7.25. The summed E-state index contributed by atoms with van der Waals surface area (Å²) < 4.78 is 8.85. The number of aromatic nitrogens is 3. The average Bonchev–Trinajstić information content (AvgIpc) is 3.90. The number of rotatable bonds is 7. The van der Waals surface area contributed by atoms with E-state index in [4.69, 9.17) is 14.4 Å². The van der Waals surface area contributed by atoms with Gasteiger partial charge in [-0.3, -0.25) is 4.90 Å². The summed E-state index contributed by atoms with van der Waals surface area (Å²) in [6.45, 7) is 0. The van der Waals surface area contributed by atoms with E-state index < -0.39 is 15.8 Å². The maximum absolute atomic E-state index is 6.63. The Morgan fingerprint density at radius 3 is 1.97 bits per heavy atom. The monoisotopic (exact) mass is 860 g/mol. The van der Waals surface area contributed by atoms with Gasteiger partial charge in [-0.05, 0) is 84.8 Å². The maximum Gasteiger partial charge on any atom is 0.179 e. The minimum Gasteiger partial charge on any atom is -0.456 e. The highest BCUT2D eigenvalue weighted by Gasteiger charge is 2.48. The van der Waals surface area contributed by atoms with Gasteiger partial charge in [0, 0.05) is 41.0 Å². The number of aryl methyl sites for hydroxylation is 1. The first-order valence-electron chi connectivity index (χ1n) is 21.3. The Hall–Kier alpha value is -7.16. The van der Waals surface area contributed by atoms with Crippen molar-refractivity contribution >= 4 is 111 Å². The van der Waals surface area contributed by atoms with E-state index >= 15 is 0 Å². The summed E-state index contributed by atoms with van der Waals surface area (Å²) in [4.78, 5) is 12.7. The summed E-state index contributed by atoms with van der Waals surface area (Å²) in [7, 11) is -0.341. The molecule has 1 aliphatic rings. The van der Waals surface area contributed by atoms with Gasteiger partial charge < -0.3 is 8.98 Å². The molecule has 63 heavy (non-hydrogen) atoms. The third-order valence-electron chi connectivity index (χ3n) is 13.1. The molecule has 300 valence electrons. The molecule has 0 aliphatic carbocycles. The van der Waals surface area contributed by atoms with Gasteiger partial charge in [0.15, 0.2) is 15.8 Å². The largest absolute Gasteiger partial charge is 0.456 e. The van der Waals surface area contributed by atoms with Crippen molar-refractivity contribution in [2.45, 2.75) is 0 Å². The first kappa shape index (κ1) is 37.6. The molecule has 0 N–H and O–H groups in total. The van der Waals surface area contributed by atoms with Crippen LogP contribution in [0.2, 0.25) is 0 Å². The van der Waals surface area contributed by atoms with E-state index in [0.29, 0.717) is 0 Å². The summed E-state index contributed by atoms with van der Waals surface area (Å²) >= 11 is 0. The van der Waals surface area contributed by atoms with E-state index in [-0.39, 0.29) is 0 Å². The molecule has 11 aromatic rings. The van der Waals surface area contributed by atoms with Crippen LogP contribution >= 0.6 is 8.79 Å². The van der Waals surface area contributed by atoms with Crippen LogP contribution in [0.25, 0.3) is 44.4 Å². The zero-order valence-corrected chi connectivity index (χ0v) is 37.7. The number of anilines is 3. The van der Waals surface area contributed by atoms with E-state index in [1.807, 2.05) is 12.3 Å². The summed E-state index contributed by atoms with van der Waals surface area (Å²) in [6.07, 6.45) is 1.90. The van der Waals surface area contributed by atoms with Crippen molar-refractivity contribution in [3.8, 4) is 11.4 Å². The quantitative estimate of drug-likeness (QED) is 0.0917. The molecule has 0 amide bonds. The lowest BCUT2D eigenvalue weighted by atomic mass is 10.1. The van der Waals surface area contributed by atoms with Crippen LogP contribution < -0.4 is 41.2 Å². The summed E-state index contributed by atoms with van der Waals surface area (Å²) in [5, 5.41) is 11.4. The number of fused-ring (bicyclic) bond motifs is 7. The molecule has 5 nitrogen and oxygen atoms in total. The van der Waals surface area contributed by atoms with E-state index in [1.54, 1.807) is 0 Å². The highest BCUT2D eigenvalue weighted by atomic mass is 31.3. The lowest BCUT2D eigenvalue weighted by Gasteiger charge is -2.44. The topological polar surface area (TPSA) is 47.1 Å². The van der Waals surface area contributed by atoms with Crippen LogP contribution in [0.5, 0.6) is 0 Å². The molecule has 2 atom stereocenters. The minimum absolute atomic E-state index is 0.869. The number of furan rings is 1. The number of hydrogen-bond donors (Lipinski definition) is 0. The zero-order valence-electron chi connectivity index (χ0n) is 34.6. The van der Waals surface area contributed by atoms with Crippen molar-refractivity contribution in [2.24, 2.45) is 7.05 Å². The lowest BCUT2D eigenvalue weighted by Crippen LogP contribution is -2.75. The second-order valence-corrected chi connectivity index (χ2v) is 26.0. The van der Waals surface area contributed by atoms with Crippen LogP contribution in [0.15, 0.2) is 223 Å². The fraction of sp³-hybridized carbons (Fsp3) is 0.0182. The Bertz CT molecular complexity index is 3470. The number of benzene rings is 8. The number of pyridine rings is 1. The second kappa shape index (κ2) is 14.7. The predicted octanol–water partition coefficient (Wildman–Crippen LogP) is 8.54. The number of imidazole rings is 1. The van der Waals surface area contributed by atoms with Gasteiger partial charge in [0.05, 0.1) is 11.0 Å². The van der Waals surface area contributed by atoms with Gasteiger partial charge in [-0.15, -0.1) is 8.79 Å². The third kappa shape index (κ3) is 5.64. The Balaban J connectivity index is 1.19. The van der Waals surface area contributed by atoms with E-state index in [0.717, 1.165) is 56.2 Å². The average molecular weight is 861 g/mol. The molecule has 0 saturated carbocycles. The van der Waals surface area contributed by atoms with Crippen molar-refractivity contribution in [1.82, 2.24) is 14.5 Å². The third-order valence-corrected chi connectivity index (χ3v) is 24.5. The van der Waals surface area contributed by atoms with Gasteiger partial charge in [0.25, 0.3) is 0 Å². The van der Waals surface area contributed by atoms with Gasteiger partial charge in [0.1, 0.15) is 22.8 Å². The standard InChI is InChI=1S/C55H41N4OPSi2/c1-58-46-28-13-12-27-45(46)57-55(58)38-18-17-25-42(36-38)62(39-19-5-2-6-20-39,40-21-7-3-8-22-40)43-31-34-51-48(37-43)59(52-30-15-16-35-56-52)47-32-33-50-53(44-26-11-14-29-49(44)60-50)54(47)63(51,61)41-23-9-4-10-24-41/h2-37H,61H2,1H3. The molecule has 0 radical (unpaired) electrons. The van der Waals surface area contributed by atoms with Crippen LogP contribution in [0.1, 0.15) is 0 Å². The molecule has 1 aliphatic heterocycles. The first-order valence-corrected chi connectivity index (χ1v) is 27.1. The van der Waals surface area contributed by atoms with Crippen LogP contribution in [0.4, 0.5) is 17.2 Å². The molecule has 0 saturated heterocycles. The van der Waals surface area contributed by atoms with E-state index in [9.17, 15) is 0 Å². The maximum atomic E-state index is 6.63. The fourth-order valence-electron chi connectivity index (χ4n) is 10.3. The molecule has 12 rings (SSSR count). The first-order chi connectivity index (χ1) is 31.0. The lowest BCUT2D eigenvalue weighted by molar-refractivity contribution is 0.669. The molecule has 0 spiro atoms. The highest BCUT2D eigenvalue weighted by Crippen LogP contribution is 2.43. The van der Waals surface area contributed by atoms with Crippen LogP contribution in [-0.2, 0) is 7.05 Å². The van der Waals surface area contributed by atoms with Gasteiger partial charge in [-0.2, -0.15) is 0 Å². The van der Waals surface area contributed by atoms with Crippen LogP contribution in [0.3, 0.4) is 0 Å². The van der Waals surface area contributed by atoms with Gasteiger partial charge in [-0.1, -0.05) is 164 Å². The normalized spacial score (nSPS) is 14.9. The Morgan fingerprint density at radius 2 is 1.22 bits per heavy atom. The molecule has 3 aromatic heterocycles. The molecular weight excluding hydrogens is 820 g/mol. The Morgan fingerprint density at radius 1 is 0.556 bits per heavy atom. The van der Waals surface area contributed by atoms with Crippen molar-refractivity contribution in [1.29, 1.82) is 0 Å². The van der Waals surface area contributed by atoms with Crippen molar-refractivity contribution in [3.05, 3.63) is 219 Å². The Labute approximate surface area is 370 Å². The molecule has 4 heterocycles. The van der Waals surface area contributed by atoms with Crippen molar-refractivity contribution in [3.63, 3.8) is 0 Å². The van der Waals surface area contributed by atoms with E-state index in [2.05, 4.69) is 232 Å². The van der Waals surface area contributed by atoms with Crippen molar-refractivity contribution < 1.29 is 4.42 Å². The Kier molecular flexibility index (Phi) is 8.80. The number of hydrogen-bond acceptors (Lipinski definition) is 4. The van der Waals surface area contributed by atoms with E-state index in [1.165, 1.54) is 41.7 Å². The fourth-order valence-corrected chi connectivity index (χ4v) is 21.1. The highest BCUT2D eigenvalue weighted by molar-refractivity contribution is 7.79. The smallest absolute Gasteiger partial charge is 0.179 e. The van der Waals surface area contributed by atoms with Crippen molar-refractivity contribution in [2.75, 3.05) is 4.90 Å². The van der Waals surface area contributed by atoms with Gasteiger partial charge >= 0.3 is 0 Å². The SMILES string of the molecule is Cn1c(-c2cccc([Si](c3ccccc3)(c3ccccc3)c3ccc4c(c3)N(c3ccccn3)c3ccc5oc6ccccc6c5c3[Si]4(P)c3ccccc3)c2)nc2ccccc21. The summed E-state index contributed by atoms with van der Waals surface area (Å²) in [6, 6.07) is 77.6. The van der Waals surface area contributed by atoms with Gasteiger partial charge in [-0.25, -0.2) is 9.97 Å². The molecular formula is C55H41N4OPSi2. The second-order valence-electron chi connectivity index (χ2n) is 16.4. The predicted molar refractivity (Wildman–Crippen MR) is 270 cm³/mol. The molecule has 0 fully saturated rings. The number of para-hydroxylation sites is 3. The minimum atomic E-state index is -3.09. The van der Waals surface area contributed by atoms with Gasteiger partial charge in [0.2, 0.25) is 0 Å². The molecule has 8 aromatic carbocycles. The van der Waals surface area contributed by atoms with Crippen LogP contribution in [-0.4, -0.2) is 30.4 Å². The molecule has 8 heteroatoms. The van der Waals surface area contributed by atoms with Crippen LogP contribution in [0, 0.1) is 0 Å². The number of nitrogens with zero attached hydrogens (tertiary/aromatic N) is 4. The summed E-state index contributed by atoms with van der Waals surface area (Å²) in [5.74, 6) is 1.82. The molecule has 2 unspecified atom stereocenters. The zero-order chi connectivity index (χ0) is 42.1. The molecule has 0 bridgehead atoms.